The van der Waals surface area contributed by atoms with Gasteiger partial charge >= 0.3 is 0 Å². The van der Waals surface area contributed by atoms with E-state index in [1.165, 1.54) is 0 Å². The van der Waals surface area contributed by atoms with Gasteiger partial charge < -0.3 is 32.3 Å². The van der Waals surface area contributed by atoms with Crippen LogP contribution >= 0.6 is 0 Å². The Hall–Kier alpha value is -3.53. The van der Waals surface area contributed by atoms with E-state index in [0.29, 0.717) is 57.9 Å². The Kier molecular flexibility index (Phi) is 10.6. The first-order valence-corrected chi connectivity index (χ1v) is 12.4. The largest absolute Gasteiger partial charge is 0.355 e. The highest BCUT2D eigenvalue weighted by molar-refractivity contribution is 6.03. The van der Waals surface area contributed by atoms with Crippen molar-refractivity contribution in [3.63, 3.8) is 0 Å². The number of nitrogens with two attached hydrogens (primary N) is 2. The van der Waals surface area contributed by atoms with E-state index in [-0.39, 0.29) is 30.6 Å². The van der Waals surface area contributed by atoms with Crippen LogP contribution in [0.3, 0.4) is 0 Å². The summed E-state index contributed by atoms with van der Waals surface area (Å²) in [6.45, 7) is 3.47. The molecule has 0 aliphatic carbocycles. The molecule has 0 aliphatic rings. The number of hydrogen-bond acceptors (Lipinski definition) is 6. The van der Waals surface area contributed by atoms with Crippen LogP contribution in [0, 0.1) is 0 Å². The highest BCUT2D eigenvalue weighted by atomic mass is 16.2. The lowest BCUT2D eigenvalue weighted by atomic mass is 10.0. The van der Waals surface area contributed by atoms with Crippen LogP contribution in [-0.4, -0.2) is 75.0 Å². The number of fused-ring (bicyclic) bond motifs is 2. The van der Waals surface area contributed by atoms with E-state index < -0.39 is 0 Å². The van der Waals surface area contributed by atoms with Gasteiger partial charge in [0.05, 0.1) is 0 Å². The Morgan fingerprint density at radius 2 is 1.19 bits per heavy atom. The molecule has 0 aliphatic heterocycles. The maximum Gasteiger partial charge on any atom is 0.251 e. The van der Waals surface area contributed by atoms with Crippen LogP contribution in [0.4, 0.5) is 0 Å². The van der Waals surface area contributed by atoms with Gasteiger partial charge in [-0.05, 0) is 45.8 Å². The highest BCUT2D eigenvalue weighted by Gasteiger charge is 2.12. The summed E-state index contributed by atoms with van der Waals surface area (Å²) in [6, 6.07) is 18.0. The average molecular weight is 493 g/mol. The van der Waals surface area contributed by atoms with Gasteiger partial charge in [-0.15, -0.1) is 0 Å². The molecule has 3 amide bonds. The van der Waals surface area contributed by atoms with E-state index >= 15 is 0 Å². The molecule has 0 spiro atoms. The van der Waals surface area contributed by atoms with Gasteiger partial charge in [-0.2, -0.15) is 0 Å². The molecule has 3 aromatic carbocycles. The number of amides is 3. The van der Waals surface area contributed by atoms with Gasteiger partial charge in [0.25, 0.3) is 5.91 Å². The molecular formula is C27H36N6O3. The molecule has 0 radical (unpaired) electrons. The zero-order valence-electron chi connectivity index (χ0n) is 20.6. The van der Waals surface area contributed by atoms with Crippen molar-refractivity contribution in [2.75, 3.05) is 52.4 Å². The molecule has 0 heterocycles. The number of benzene rings is 3. The van der Waals surface area contributed by atoms with Gasteiger partial charge in [-0.1, -0.05) is 30.3 Å². The molecular weight excluding hydrogens is 456 g/mol. The smallest absolute Gasteiger partial charge is 0.251 e. The second-order valence-corrected chi connectivity index (χ2v) is 8.64. The minimum absolute atomic E-state index is 0.0919. The standard InChI is InChI=1S/C27H36N6O3/c28-9-11-30-25(34)7-14-33(15-8-26(35)31-12-10-29)16-13-32-27(36)23-6-5-22-17-20-3-1-2-4-21(20)18-24(22)19-23/h1-6,17-19H,7-16,28-29H2,(H,30,34)(H,31,35)(H,32,36). The number of carbonyl (C=O) groups is 3. The summed E-state index contributed by atoms with van der Waals surface area (Å²) in [7, 11) is 0. The predicted octanol–water partition coefficient (Wildman–Crippen LogP) is 0.955. The molecule has 0 fully saturated rings. The fraction of sp³-hybridized carbons (Fsp3) is 0.370. The highest BCUT2D eigenvalue weighted by Crippen LogP contribution is 2.23. The van der Waals surface area contributed by atoms with Crippen molar-refractivity contribution < 1.29 is 14.4 Å². The van der Waals surface area contributed by atoms with Gasteiger partial charge in [-0.25, -0.2) is 0 Å². The summed E-state index contributed by atoms with van der Waals surface area (Å²) in [6.07, 6.45) is 0.577. The molecule has 0 atom stereocenters. The maximum absolute atomic E-state index is 12.8. The van der Waals surface area contributed by atoms with Crippen LogP contribution in [-0.2, 0) is 9.59 Å². The lowest BCUT2D eigenvalue weighted by Gasteiger charge is -2.22. The summed E-state index contributed by atoms with van der Waals surface area (Å²) in [4.78, 5) is 38.8. The SMILES string of the molecule is NCCNC(=O)CCN(CCNC(=O)c1ccc2cc3ccccc3cc2c1)CCC(=O)NCCN. The number of rotatable bonds is 14. The first kappa shape index (κ1) is 27.1. The lowest BCUT2D eigenvalue weighted by molar-refractivity contribution is -0.121. The Morgan fingerprint density at radius 1 is 0.639 bits per heavy atom. The molecule has 9 nitrogen and oxygen atoms in total. The molecule has 192 valence electrons. The molecule has 0 unspecified atom stereocenters. The third-order valence-corrected chi connectivity index (χ3v) is 5.92. The first-order valence-electron chi connectivity index (χ1n) is 12.4. The van der Waals surface area contributed by atoms with Crippen LogP contribution < -0.4 is 27.4 Å². The third-order valence-electron chi connectivity index (χ3n) is 5.92. The second kappa shape index (κ2) is 14.1. The zero-order chi connectivity index (χ0) is 25.8. The van der Waals surface area contributed by atoms with E-state index in [4.69, 9.17) is 11.5 Å². The Balaban J connectivity index is 1.56. The van der Waals surface area contributed by atoms with Gasteiger partial charge in [-0.3, -0.25) is 14.4 Å². The number of nitrogens with zero attached hydrogens (tertiary/aromatic N) is 1. The van der Waals surface area contributed by atoms with E-state index in [9.17, 15) is 14.4 Å². The van der Waals surface area contributed by atoms with E-state index in [2.05, 4.69) is 40.2 Å². The first-order chi connectivity index (χ1) is 17.5. The van der Waals surface area contributed by atoms with Crippen molar-refractivity contribution in [1.82, 2.24) is 20.9 Å². The lowest BCUT2D eigenvalue weighted by Crippen LogP contribution is -2.40. The molecule has 0 saturated heterocycles. The second-order valence-electron chi connectivity index (χ2n) is 8.64. The van der Waals surface area contributed by atoms with Crippen molar-refractivity contribution in [3.8, 4) is 0 Å². The normalized spacial score (nSPS) is 11.1. The Labute approximate surface area is 211 Å². The average Bonchev–Trinajstić information content (AvgIpc) is 2.90. The van der Waals surface area contributed by atoms with Crippen LogP contribution in [0.25, 0.3) is 21.5 Å². The van der Waals surface area contributed by atoms with Crippen LogP contribution in [0.1, 0.15) is 23.2 Å². The van der Waals surface area contributed by atoms with Gasteiger partial charge in [0.2, 0.25) is 11.8 Å². The van der Waals surface area contributed by atoms with Crippen molar-refractivity contribution in [1.29, 1.82) is 0 Å². The molecule has 3 rings (SSSR count). The van der Waals surface area contributed by atoms with Crippen molar-refractivity contribution >= 4 is 39.3 Å². The minimum atomic E-state index is -0.161. The van der Waals surface area contributed by atoms with Crippen molar-refractivity contribution in [3.05, 3.63) is 60.2 Å². The number of hydrogen-bond donors (Lipinski definition) is 5. The van der Waals surface area contributed by atoms with Crippen molar-refractivity contribution in [2.24, 2.45) is 11.5 Å². The van der Waals surface area contributed by atoms with Crippen LogP contribution in [0.15, 0.2) is 54.6 Å². The topological polar surface area (TPSA) is 143 Å². The summed E-state index contributed by atoms with van der Waals surface area (Å²) >= 11 is 0. The monoisotopic (exact) mass is 492 g/mol. The Morgan fingerprint density at radius 3 is 1.78 bits per heavy atom. The molecule has 7 N–H and O–H groups in total. The third kappa shape index (κ3) is 8.30. The van der Waals surface area contributed by atoms with Crippen LogP contribution in [0.2, 0.25) is 0 Å². The summed E-state index contributed by atoms with van der Waals surface area (Å²) in [5.41, 5.74) is 11.5. The maximum atomic E-state index is 12.8. The van der Waals surface area contributed by atoms with Crippen molar-refractivity contribution in [2.45, 2.75) is 12.8 Å². The summed E-state index contributed by atoms with van der Waals surface area (Å²) in [5.74, 6) is -0.345. The fourth-order valence-electron chi connectivity index (χ4n) is 3.97. The molecule has 3 aromatic rings. The quantitative estimate of drug-likeness (QED) is 0.212. The minimum Gasteiger partial charge on any atom is -0.355 e. The summed E-state index contributed by atoms with van der Waals surface area (Å²) in [5, 5.41) is 12.8. The molecule has 0 bridgehead atoms. The van der Waals surface area contributed by atoms with Gasteiger partial charge in [0.1, 0.15) is 0 Å². The molecule has 0 aromatic heterocycles. The number of carbonyl (C=O) groups excluding carboxylic acids is 3. The molecule has 36 heavy (non-hydrogen) atoms. The van der Waals surface area contributed by atoms with Crippen LogP contribution in [0.5, 0.6) is 0 Å². The van der Waals surface area contributed by atoms with E-state index in [1.807, 2.05) is 35.2 Å². The number of nitrogens with one attached hydrogen (secondary N) is 3. The summed E-state index contributed by atoms with van der Waals surface area (Å²) < 4.78 is 0. The van der Waals surface area contributed by atoms with Gasteiger partial charge in [0, 0.05) is 70.8 Å². The Bertz CT molecular complexity index is 1160. The predicted molar refractivity (Wildman–Crippen MR) is 144 cm³/mol. The van der Waals surface area contributed by atoms with E-state index in [0.717, 1.165) is 21.5 Å². The molecule has 9 heteroatoms. The zero-order valence-corrected chi connectivity index (χ0v) is 20.6. The van der Waals surface area contributed by atoms with Gasteiger partial charge in [0.15, 0.2) is 0 Å². The van der Waals surface area contributed by atoms with E-state index in [1.54, 1.807) is 0 Å². The fourth-order valence-corrected chi connectivity index (χ4v) is 3.97. The molecule has 0 saturated carbocycles.